The normalized spacial score (nSPS) is 11.5. The number of amides is 1. The van der Waals surface area contributed by atoms with Gasteiger partial charge in [0.25, 0.3) is 0 Å². The van der Waals surface area contributed by atoms with E-state index in [2.05, 4.69) is 36.4 Å². The van der Waals surface area contributed by atoms with Gasteiger partial charge in [-0.1, -0.05) is 32.1 Å². The molecule has 0 bridgehead atoms. The van der Waals surface area contributed by atoms with E-state index in [0.717, 1.165) is 22.8 Å². The van der Waals surface area contributed by atoms with Gasteiger partial charge in [-0.2, -0.15) is 0 Å². The summed E-state index contributed by atoms with van der Waals surface area (Å²) in [5.41, 5.74) is 8.96. The Hall–Kier alpha value is -2.21. The average molecular weight is 287 g/mol. The molecule has 0 saturated heterocycles. The summed E-state index contributed by atoms with van der Waals surface area (Å²) in [5, 5.41) is 11.2. The number of carbonyl (C=O) groups is 1. The molecule has 0 saturated carbocycles. The summed E-state index contributed by atoms with van der Waals surface area (Å²) in [6.07, 6.45) is 0. The smallest absolute Gasteiger partial charge is 0.221 e. The molecule has 0 fully saturated rings. The molecule has 0 atom stereocenters. The van der Waals surface area contributed by atoms with Crippen LogP contribution in [0.5, 0.6) is 0 Å². The van der Waals surface area contributed by atoms with Crippen molar-refractivity contribution in [3.05, 3.63) is 35.7 Å². The monoisotopic (exact) mass is 287 g/mol. The fourth-order valence-electron chi connectivity index (χ4n) is 2.30. The highest BCUT2D eigenvalue weighted by Crippen LogP contribution is 2.27. The minimum Gasteiger partial charge on any atom is -0.326 e. The molecule has 112 valence electrons. The van der Waals surface area contributed by atoms with E-state index >= 15 is 0 Å². The van der Waals surface area contributed by atoms with Crippen LogP contribution >= 0.6 is 0 Å². The predicted octanol–water partition coefficient (Wildman–Crippen LogP) is 1.98. The van der Waals surface area contributed by atoms with Gasteiger partial charge in [-0.3, -0.25) is 4.79 Å². The number of nitrogens with zero attached hydrogens (tertiary/aromatic N) is 3. The first-order valence-electron chi connectivity index (χ1n) is 6.86. The Kier molecular flexibility index (Phi) is 4.09. The van der Waals surface area contributed by atoms with Crippen molar-refractivity contribution in [2.75, 3.05) is 5.32 Å². The Balaban J connectivity index is 2.52. The molecule has 2 rings (SSSR count). The molecule has 0 aliphatic heterocycles. The summed E-state index contributed by atoms with van der Waals surface area (Å²) in [6.45, 7) is 8.12. The molecule has 2 aromatic rings. The molecule has 0 radical (unpaired) electrons. The van der Waals surface area contributed by atoms with Gasteiger partial charge in [0.2, 0.25) is 5.91 Å². The fraction of sp³-hybridized carbons (Fsp3) is 0.400. The number of nitrogens with one attached hydrogen (secondary N) is 1. The first-order valence-corrected chi connectivity index (χ1v) is 6.86. The first-order chi connectivity index (χ1) is 9.82. The molecule has 3 N–H and O–H groups in total. The second-order valence-corrected chi connectivity index (χ2v) is 5.98. The summed E-state index contributed by atoms with van der Waals surface area (Å²) in [5.74, 6) is -0.107. The van der Waals surface area contributed by atoms with Crippen LogP contribution in [-0.2, 0) is 16.8 Å². The van der Waals surface area contributed by atoms with E-state index in [1.807, 2.05) is 24.3 Å². The summed E-state index contributed by atoms with van der Waals surface area (Å²) in [6, 6.07) is 7.50. The lowest BCUT2D eigenvalue weighted by Crippen LogP contribution is -2.20. The molecule has 6 heteroatoms. The van der Waals surface area contributed by atoms with Crippen LogP contribution in [0, 0.1) is 0 Å². The van der Waals surface area contributed by atoms with Crippen molar-refractivity contribution < 1.29 is 4.79 Å². The number of anilines is 1. The van der Waals surface area contributed by atoms with Crippen molar-refractivity contribution in [1.29, 1.82) is 0 Å². The number of aromatic nitrogens is 3. The third-order valence-electron chi connectivity index (χ3n) is 3.05. The highest BCUT2D eigenvalue weighted by atomic mass is 16.1. The fourth-order valence-corrected chi connectivity index (χ4v) is 2.30. The van der Waals surface area contributed by atoms with Crippen LogP contribution in [0.4, 0.5) is 5.69 Å². The maximum absolute atomic E-state index is 11.2. The van der Waals surface area contributed by atoms with E-state index in [4.69, 9.17) is 5.73 Å². The maximum Gasteiger partial charge on any atom is 0.221 e. The van der Waals surface area contributed by atoms with Crippen LogP contribution in [0.1, 0.15) is 39.1 Å². The topological polar surface area (TPSA) is 85.8 Å². The molecule has 0 aliphatic rings. The summed E-state index contributed by atoms with van der Waals surface area (Å²) in [4.78, 5) is 11.2. The van der Waals surface area contributed by atoms with Crippen molar-refractivity contribution in [3.8, 4) is 5.69 Å². The number of rotatable bonds is 3. The van der Waals surface area contributed by atoms with Crippen LogP contribution in [0.25, 0.3) is 5.69 Å². The number of nitrogens with two attached hydrogens (primary N) is 1. The molecule has 6 nitrogen and oxygen atoms in total. The molecule has 1 amide bonds. The molecule has 0 spiro atoms. The lowest BCUT2D eigenvalue weighted by Gasteiger charge is -2.21. The molecule has 1 aromatic carbocycles. The second kappa shape index (κ2) is 5.65. The maximum atomic E-state index is 11.2. The minimum absolute atomic E-state index is 0.107. The van der Waals surface area contributed by atoms with E-state index in [1.54, 1.807) is 4.68 Å². The Labute approximate surface area is 124 Å². The van der Waals surface area contributed by atoms with E-state index in [1.165, 1.54) is 6.92 Å². The third-order valence-corrected chi connectivity index (χ3v) is 3.05. The van der Waals surface area contributed by atoms with Gasteiger partial charge in [-0.25, -0.2) is 4.68 Å². The molecule has 0 unspecified atom stereocenters. The van der Waals surface area contributed by atoms with Crippen LogP contribution in [0.2, 0.25) is 0 Å². The lowest BCUT2D eigenvalue weighted by atomic mass is 9.90. The number of benzene rings is 1. The number of hydrogen-bond donors (Lipinski definition) is 2. The molecule has 1 heterocycles. The van der Waals surface area contributed by atoms with Crippen LogP contribution in [0.15, 0.2) is 24.3 Å². The van der Waals surface area contributed by atoms with Gasteiger partial charge in [-0.15, -0.1) is 5.10 Å². The van der Waals surface area contributed by atoms with Gasteiger partial charge in [0, 0.05) is 24.6 Å². The first kappa shape index (κ1) is 15.2. The van der Waals surface area contributed by atoms with Crippen molar-refractivity contribution >= 4 is 11.6 Å². The van der Waals surface area contributed by atoms with Crippen molar-refractivity contribution in [3.63, 3.8) is 0 Å². The van der Waals surface area contributed by atoms with Gasteiger partial charge in [0.1, 0.15) is 5.69 Å². The van der Waals surface area contributed by atoms with E-state index < -0.39 is 0 Å². The quantitative estimate of drug-likeness (QED) is 0.904. The number of carbonyl (C=O) groups excluding carboxylic acids is 1. The molecule has 21 heavy (non-hydrogen) atoms. The minimum atomic E-state index is -0.137. The average Bonchev–Trinajstić information content (AvgIpc) is 2.82. The van der Waals surface area contributed by atoms with Crippen LogP contribution < -0.4 is 11.1 Å². The Morgan fingerprint density at radius 1 is 1.38 bits per heavy atom. The van der Waals surface area contributed by atoms with Crippen LogP contribution in [0.3, 0.4) is 0 Å². The van der Waals surface area contributed by atoms with Gasteiger partial charge < -0.3 is 11.1 Å². The SMILES string of the molecule is CC(=O)Nc1cccc(-n2nnc(CN)c2C(C)(C)C)c1. The van der Waals surface area contributed by atoms with Gasteiger partial charge in [-0.05, 0) is 18.2 Å². The van der Waals surface area contributed by atoms with Crippen molar-refractivity contribution in [2.45, 2.75) is 39.7 Å². The Bertz CT molecular complexity index is 654. The van der Waals surface area contributed by atoms with E-state index in [-0.39, 0.29) is 11.3 Å². The molecular weight excluding hydrogens is 266 g/mol. The zero-order valence-electron chi connectivity index (χ0n) is 12.8. The summed E-state index contributed by atoms with van der Waals surface area (Å²) >= 11 is 0. The molecule has 0 aliphatic carbocycles. The van der Waals surface area contributed by atoms with Gasteiger partial charge in [0.05, 0.1) is 11.4 Å². The molecular formula is C15H21N5O. The van der Waals surface area contributed by atoms with Crippen molar-refractivity contribution in [1.82, 2.24) is 15.0 Å². The Morgan fingerprint density at radius 2 is 2.10 bits per heavy atom. The van der Waals surface area contributed by atoms with Crippen LogP contribution in [-0.4, -0.2) is 20.9 Å². The predicted molar refractivity (Wildman–Crippen MR) is 82.3 cm³/mol. The zero-order chi connectivity index (χ0) is 15.6. The van der Waals surface area contributed by atoms with E-state index in [9.17, 15) is 4.79 Å². The number of hydrogen-bond acceptors (Lipinski definition) is 4. The van der Waals surface area contributed by atoms with Gasteiger partial charge in [0.15, 0.2) is 0 Å². The third kappa shape index (κ3) is 3.28. The molecule has 1 aromatic heterocycles. The zero-order valence-corrected chi connectivity index (χ0v) is 12.8. The van der Waals surface area contributed by atoms with Gasteiger partial charge >= 0.3 is 0 Å². The van der Waals surface area contributed by atoms with E-state index in [0.29, 0.717) is 6.54 Å². The standard InChI is InChI=1S/C15H21N5O/c1-10(21)17-11-6-5-7-12(8-11)20-14(15(2,3)4)13(9-16)18-19-20/h5-8H,9,16H2,1-4H3,(H,17,21). The highest BCUT2D eigenvalue weighted by Gasteiger charge is 2.25. The van der Waals surface area contributed by atoms with Crippen molar-refractivity contribution in [2.24, 2.45) is 5.73 Å². The Morgan fingerprint density at radius 3 is 2.67 bits per heavy atom. The largest absolute Gasteiger partial charge is 0.326 e. The second-order valence-electron chi connectivity index (χ2n) is 5.98. The highest BCUT2D eigenvalue weighted by molar-refractivity contribution is 5.88. The lowest BCUT2D eigenvalue weighted by molar-refractivity contribution is -0.114. The summed E-state index contributed by atoms with van der Waals surface area (Å²) in [7, 11) is 0. The summed E-state index contributed by atoms with van der Waals surface area (Å²) < 4.78 is 1.79.